The minimum Gasteiger partial charge on any atom is -0.316 e. The van der Waals surface area contributed by atoms with Crippen molar-refractivity contribution >= 4 is 0 Å². The van der Waals surface area contributed by atoms with Crippen LogP contribution in [-0.4, -0.2) is 43.3 Å². The van der Waals surface area contributed by atoms with Crippen molar-refractivity contribution in [1.29, 1.82) is 0 Å². The molecule has 0 bridgehead atoms. The summed E-state index contributed by atoms with van der Waals surface area (Å²) in [7, 11) is 0. The average Bonchev–Trinajstić information content (AvgIpc) is 3.02. The standard InChI is InChI=1S/C13H25F3N2/c1-11(2)9-17-7-3-4-8-18(12-5-6-12)10-13(14,15)16/h11-12,17H,3-10H2,1-2H3. The molecule has 0 aromatic rings. The predicted octanol–water partition coefficient (Wildman–Crippen LogP) is 3.04. The van der Waals surface area contributed by atoms with Crippen molar-refractivity contribution in [2.24, 2.45) is 5.92 Å². The summed E-state index contributed by atoms with van der Waals surface area (Å²) < 4.78 is 37.1. The molecule has 1 N–H and O–H groups in total. The molecule has 0 atom stereocenters. The molecule has 0 aromatic carbocycles. The van der Waals surface area contributed by atoms with Gasteiger partial charge in [-0.15, -0.1) is 0 Å². The minimum atomic E-state index is -4.06. The van der Waals surface area contributed by atoms with E-state index in [1.807, 2.05) is 0 Å². The number of nitrogens with one attached hydrogen (secondary N) is 1. The number of hydrogen-bond donors (Lipinski definition) is 1. The second-order valence-corrected chi connectivity index (χ2v) is 5.62. The van der Waals surface area contributed by atoms with Crippen molar-refractivity contribution in [2.45, 2.75) is 51.7 Å². The van der Waals surface area contributed by atoms with Crippen molar-refractivity contribution in [3.05, 3.63) is 0 Å². The Hall–Kier alpha value is -0.290. The Kier molecular flexibility index (Phi) is 6.43. The molecular formula is C13H25F3N2. The Bertz CT molecular complexity index is 225. The van der Waals surface area contributed by atoms with Gasteiger partial charge in [-0.2, -0.15) is 13.2 Å². The highest BCUT2D eigenvalue weighted by Crippen LogP contribution is 2.30. The Balaban J connectivity index is 2.07. The number of hydrogen-bond acceptors (Lipinski definition) is 2. The molecule has 0 aromatic heterocycles. The van der Waals surface area contributed by atoms with Gasteiger partial charge in [-0.25, -0.2) is 0 Å². The molecule has 0 aliphatic heterocycles. The lowest BCUT2D eigenvalue weighted by Crippen LogP contribution is -2.36. The van der Waals surface area contributed by atoms with Crippen LogP contribution in [-0.2, 0) is 0 Å². The van der Waals surface area contributed by atoms with Crippen molar-refractivity contribution in [3.63, 3.8) is 0 Å². The highest BCUT2D eigenvalue weighted by atomic mass is 19.4. The number of rotatable bonds is 9. The zero-order valence-electron chi connectivity index (χ0n) is 11.4. The van der Waals surface area contributed by atoms with Gasteiger partial charge in [0, 0.05) is 6.04 Å². The van der Waals surface area contributed by atoms with Crippen molar-refractivity contribution < 1.29 is 13.2 Å². The maximum atomic E-state index is 12.4. The van der Waals surface area contributed by atoms with Gasteiger partial charge in [0.05, 0.1) is 6.54 Å². The molecule has 1 saturated carbocycles. The molecule has 0 amide bonds. The second kappa shape index (κ2) is 7.34. The molecule has 0 heterocycles. The van der Waals surface area contributed by atoms with Gasteiger partial charge in [-0.1, -0.05) is 13.8 Å². The van der Waals surface area contributed by atoms with E-state index in [1.165, 1.54) is 0 Å². The topological polar surface area (TPSA) is 15.3 Å². The molecule has 108 valence electrons. The third-order valence-electron chi connectivity index (χ3n) is 3.05. The Morgan fingerprint density at radius 2 is 1.89 bits per heavy atom. The fourth-order valence-corrected chi connectivity index (χ4v) is 2.02. The van der Waals surface area contributed by atoms with Crippen molar-refractivity contribution in [1.82, 2.24) is 10.2 Å². The Labute approximate surface area is 108 Å². The maximum absolute atomic E-state index is 12.4. The first-order valence-corrected chi connectivity index (χ1v) is 6.90. The summed E-state index contributed by atoms with van der Waals surface area (Å²) in [5.74, 6) is 0.623. The molecule has 5 heteroatoms. The normalized spacial score (nSPS) is 16.8. The predicted molar refractivity (Wildman–Crippen MR) is 67.6 cm³/mol. The number of nitrogens with zero attached hydrogens (tertiary/aromatic N) is 1. The van der Waals surface area contributed by atoms with Crippen LogP contribution < -0.4 is 5.32 Å². The van der Waals surface area contributed by atoms with E-state index in [2.05, 4.69) is 19.2 Å². The highest BCUT2D eigenvalue weighted by Gasteiger charge is 2.37. The lowest BCUT2D eigenvalue weighted by atomic mass is 10.2. The van der Waals surface area contributed by atoms with E-state index in [4.69, 9.17) is 0 Å². The van der Waals surface area contributed by atoms with Crippen LogP contribution in [0.3, 0.4) is 0 Å². The number of unbranched alkanes of at least 4 members (excludes halogenated alkanes) is 1. The van der Waals surface area contributed by atoms with Gasteiger partial charge in [0.15, 0.2) is 0 Å². The summed E-state index contributed by atoms with van der Waals surface area (Å²) in [6, 6.07) is 0.190. The van der Waals surface area contributed by atoms with E-state index in [0.717, 1.165) is 38.8 Å². The zero-order valence-corrected chi connectivity index (χ0v) is 11.4. The SMILES string of the molecule is CC(C)CNCCCCN(CC(F)(F)F)C1CC1. The molecule has 0 spiro atoms. The molecule has 1 rings (SSSR count). The second-order valence-electron chi connectivity index (χ2n) is 5.62. The monoisotopic (exact) mass is 266 g/mol. The summed E-state index contributed by atoms with van der Waals surface area (Å²) in [5.41, 5.74) is 0. The molecule has 0 radical (unpaired) electrons. The minimum absolute atomic E-state index is 0.190. The van der Waals surface area contributed by atoms with Gasteiger partial charge in [-0.3, -0.25) is 4.90 Å². The summed E-state index contributed by atoms with van der Waals surface area (Å²) >= 11 is 0. The van der Waals surface area contributed by atoms with Gasteiger partial charge in [0.2, 0.25) is 0 Å². The van der Waals surface area contributed by atoms with Gasteiger partial charge >= 0.3 is 6.18 Å². The average molecular weight is 266 g/mol. The Morgan fingerprint density at radius 1 is 1.22 bits per heavy atom. The highest BCUT2D eigenvalue weighted by molar-refractivity contribution is 4.85. The summed E-state index contributed by atoms with van der Waals surface area (Å²) in [6.07, 6.45) is -0.396. The van der Waals surface area contributed by atoms with Gasteiger partial charge in [0.25, 0.3) is 0 Å². The van der Waals surface area contributed by atoms with E-state index in [0.29, 0.717) is 12.5 Å². The molecule has 0 unspecified atom stereocenters. The number of alkyl halides is 3. The van der Waals surface area contributed by atoms with Crippen LogP contribution >= 0.6 is 0 Å². The van der Waals surface area contributed by atoms with Crippen LogP contribution in [0, 0.1) is 5.92 Å². The van der Waals surface area contributed by atoms with Crippen LogP contribution in [0.15, 0.2) is 0 Å². The van der Waals surface area contributed by atoms with Gasteiger partial charge in [-0.05, 0) is 51.2 Å². The van der Waals surface area contributed by atoms with Gasteiger partial charge in [0.1, 0.15) is 0 Å². The van der Waals surface area contributed by atoms with Crippen LogP contribution in [0.1, 0.15) is 39.5 Å². The van der Waals surface area contributed by atoms with E-state index >= 15 is 0 Å². The van der Waals surface area contributed by atoms with E-state index in [9.17, 15) is 13.2 Å². The van der Waals surface area contributed by atoms with Crippen molar-refractivity contribution in [2.75, 3.05) is 26.2 Å². The molecule has 1 aliphatic carbocycles. The fraction of sp³-hybridized carbons (Fsp3) is 1.00. The fourth-order valence-electron chi connectivity index (χ4n) is 2.02. The quantitative estimate of drug-likeness (QED) is 0.645. The lowest BCUT2D eigenvalue weighted by Gasteiger charge is -2.23. The van der Waals surface area contributed by atoms with E-state index in [-0.39, 0.29) is 6.04 Å². The van der Waals surface area contributed by atoms with E-state index in [1.54, 1.807) is 4.90 Å². The lowest BCUT2D eigenvalue weighted by molar-refractivity contribution is -0.147. The maximum Gasteiger partial charge on any atom is 0.401 e. The third-order valence-corrected chi connectivity index (χ3v) is 3.05. The first-order chi connectivity index (χ1) is 8.38. The zero-order chi connectivity index (χ0) is 13.6. The first-order valence-electron chi connectivity index (χ1n) is 6.90. The van der Waals surface area contributed by atoms with Crippen LogP contribution in [0.2, 0.25) is 0 Å². The van der Waals surface area contributed by atoms with Crippen LogP contribution in [0.4, 0.5) is 13.2 Å². The summed E-state index contributed by atoms with van der Waals surface area (Å²) in [4.78, 5) is 1.60. The summed E-state index contributed by atoms with van der Waals surface area (Å²) in [5, 5.41) is 3.31. The molecular weight excluding hydrogens is 241 g/mol. The number of halogens is 3. The molecule has 1 aliphatic rings. The van der Waals surface area contributed by atoms with Crippen LogP contribution in [0.5, 0.6) is 0 Å². The van der Waals surface area contributed by atoms with Gasteiger partial charge < -0.3 is 5.32 Å². The molecule has 0 saturated heterocycles. The Morgan fingerprint density at radius 3 is 2.39 bits per heavy atom. The van der Waals surface area contributed by atoms with Crippen molar-refractivity contribution in [3.8, 4) is 0 Å². The first kappa shape index (κ1) is 15.8. The smallest absolute Gasteiger partial charge is 0.316 e. The molecule has 18 heavy (non-hydrogen) atoms. The van der Waals surface area contributed by atoms with Crippen LogP contribution in [0.25, 0.3) is 0 Å². The van der Waals surface area contributed by atoms with E-state index < -0.39 is 12.7 Å². The third kappa shape index (κ3) is 7.93. The molecule has 2 nitrogen and oxygen atoms in total. The molecule has 1 fully saturated rings. The summed E-state index contributed by atoms with van der Waals surface area (Å²) in [6.45, 7) is 6.01. The largest absolute Gasteiger partial charge is 0.401 e.